The first-order valence-electron chi connectivity index (χ1n) is 7.91. The Kier molecular flexibility index (Phi) is 3.37. The fraction of sp³-hybridized carbons (Fsp3) is 0.444. The number of hydrogen-bond acceptors (Lipinski definition) is 2. The Morgan fingerprint density at radius 1 is 0.957 bits per heavy atom. The lowest BCUT2D eigenvalue weighted by Crippen LogP contribution is -2.33. The number of anilines is 1. The van der Waals surface area contributed by atoms with Crippen LogP contribution in [0.1, 0.15) is 26.7 Å². The van der Waals surface area contributed by atoms with Gasteiger partial charge in [-0.1, -0.05) is 34.3 Å². The first kappa shape index (κ1) is 15.2. The van der Waals surface area contributed by atoms with Crippen LogP contribution in [0.4, 0.5) is 5.69 Å². The Bertz CT molecular complexity index is 714. The minimum absolute atomic E-state index is 0.0933. The van der Waals surface area contributed by atoms with Crippen molar-refractivity contribution in [1.29, 1.82) is 0 Å². The molecule has 2 amide bonds. The van der Waals surface area contributed by atoms with Crippen LogP contribution in [0.15, 0.2) is 29.3 Å². The van der Waals surface area contributed by atoms with Gasteiger partial charge in [0.1, 0.15) is 0 Å². The molecule has 1 aromatic carbocycles. The van der Waals surface area contributed by atoms with Gasteiger partial charge in [0, 0.05) is 10.0 Å². The molecule has 120 valence electrons. The van der Waals surface area contributed by atoms with Crippen molar-refractivity contribution < 1.29 is 9.59 Å². The summed E-state index contributed by atoms with van der Waals surface area (Å²) in [5.41, 5.74) is 3.11. The van der Waals surface area contributed by atoms with Crippen LogP contribution in [-0.2, 0) is 9.59 Å². The first-order chi connectivity index (χ1) is 10.9. The molecule has 0 N–H and O–H groups in total. The van der Waals surface area contributed by atoms with E-state index in [0.717, 1.165) is 12.8 Å². The zero-order valence-corrected chi connectivity index (χ0v) is 14.5. The second-order valence-electron chi connectivity index (χ2n) is 6.94. The fourth-order valence-electron chi connectivity index (χ4n) is 4.91. The van der Waals surface area contributed by atoms with E-state index in [1.807, 2.05) is 0 Å². The number of hydrogen-bond donors (Lipinski definition) is 0. The third kappa shape index (κ3) is 2.03. The summed E-state index contributed by atoms with van der Waals surface area (Å²) >= 11 is 12.1. The van der Waals surface area contributed by atoms with Crippen LogP contribution in [0.5, 0.6) is 0 Å². The molecule has 2 aliphatic carbocycles. The van der Waals surface area contributed by atoms with E-state index < -0.39 is 0 Å². The van der Waals surface area contributed by atoms with Crippen LogP contribution < -0.4 is 4.90 Å². The molecule has 23 heavy (non-hydrogen) atoms. The molecular formula is C18H17Cl2NO2. The number of nitrogens with zero attached hydrogens (tertiary/aromatic N) is 1. The van der Waals surface area contributed by atoms with E-state index in [1.165, 1.54) is 16.0 Å². The van der Waals surface area contributed by atoms with Crippen molar-refractivity contribution in [3.8, 4) is 0 Å². The highest BCUT2D eigenvalue weighted by molar-refractivity contribution is 6.35. The fourth-order valence-corrected chi connectivity index (χ4v) is 5.43. The Balaban J connectivity index is 1.77. The van der Waals surface area contributed by atoms with Gasteiger partial charge in [-0.25, -0.2) is 4.90 Å². The molecule has 4 atom stereocenters. The summed E-state index contributed by atoms with van der Waals surface area (Å²) in [7, 11) is 0. The van der Waals surface area contributed by atoms with Gasteiger partial charge in [0.05, 0.1) is 17.5 Å². The van der Waals surface area contributed by atoms with Crippen LogP contribution in [0.25, 0.3) is 0 Å². The Morgan fingerprint density at radius 2 is 1.43 bits per heavy atom. The van der Waals surface area contributed by atoms with Crippen molar-refractivity contribution in [1.82, 2.24) is 0 Å². The third-order valence-corrected chi connectivity index (χ3v) is 5.97. The van der Waals surface area contributed by atoms with Crippen LogP contribution in [-0.4, -0.2) is 11.8 Å². The maximum Gasteiger partial charge on any atom is 0.238 e. The standard InChI is InChI=1S/C18H17Cl2NO2/c1-8(2)14-12-3-4-13(14)16-15(12)17(22)21(18(16)23)11-6-9(19)5-10(20)7-11/h5-7,12-13,15-16H,3-4H2,1-2H3/t12?,13?,15-,16+. The first-order valence-corrected chi connectivity index (χ1v) is 8.67. The zero-order valence-electron chi connectivity index (χ0n) is 13.0. The van der Waals surface area contributed by atoms with E-state index in [2.05, 4.69) is 13.8 Å². The third-order valence-electron chi connectivity index (χ3n) is 5.54. The second kappa shape index (κ2) is 5.09. The Labute approximate surface area is 145 Å². The predicted octanol–water partition coefficient (Wildman–Crippen LogP) is 4.48. The number of amides is 2. The Hall–Kier alpha value is -1.32. The van der Waals surface area contributed by atoms with E-state index in [4.69, 9.17) is 23.2 Å². The van der Waals surface area contributed by atoms with Crippen molar-refractivity contribution in [3.63, 3.8) is 0 Å². The molecule has 3 fully saturated rings. The van der Waals surface area contributed by atoms with Crippen molar-refractivity contribution in [2.24, 2.45) is 23.7 Å². The monoisotopic (exact) mass is 349 g/mol. The summed E-state index contributed by atoms with van der Waals surface area (Å²) in [6.07, 6.45) is 2.02. The molecule has 5 heteroatoms. The average Bonchev–Trinajstić information content (AvgIpc) is 3.08. The summed E-state index contributed by atoms with van der Waals surface area (Å²) in [5.74, 6) is -0.140. The number of halogens is 2. The van der Waals surface area contributed by atoms with Gasteiger partial charge >= 0.3 is 0 Å². The maximum atomic E-state index is 13.0. The summed E-state index contributed by atoms with van der Waals surface area (Å²) in [6.45, 7) is 4.18. The van der Waals surface area contributed by atoms with Gasteiger partial charge in [-0.3, -0.25) is 9.59 Å². The average molecular weight is 350 g/mol. The van der Waals surface area contributed by atoms with Crippen molar-refractivity contribution in [2.75, 3.05) is 4.90 Å². The van der Waals surface area contributed by atoms with Crippen LogP contribution in [0.3, 0.4) is 0 Å². The molecule has 3 aliphatic rings. The molecule has 3 nitrogen and oxygen atoms in total. The molecule has 0 radical (unpaired) electrons. The lowest BCUT2D eigenvalue weighted by molar-refractivity contribution is -0.123. The van der Waals surface area contributed by atoms with Crippen molar-refractivity contribution in [2.45, 2.75) is 26.7 Å². The molecule has 1 aromatic rings. The van der Waals surface area contributed by atoms with Gasteiger partial charge in [-0.15, -0.1) is 0 Å². The van der Waals surface area contributed by atoms with Crippen molar-refractivity contribution >= 4 is 40.7 Å². The minimum Gasteiger partial charge on any atom is -0.274 e. The molecule has 1 heterocycles. The predicted molar refractivity (Wildman–Crippen MR) is 90.5 cm³/mol. The number of allylic oxidation sites excluding steroid dienone is 2. The quantitative estimate of drug-likeness (QED) is 0.553. The van der Waals surface area contributed by atoms with Gasteiger partial charge in [0.2, 0.25) is 11.8 Å². The van der Waals surface area contributed by atoms with E-state index in [-0.39, 0.29) is 35.5 Å². The van der Waals surface area contributed by atoms with Gasteiger partial charge in [0.25, 0.3) is 0 Å². The SMILES string of the molecule is CC(C)=C1C2CCC1[C@@H]1C(=O)N(c3cc(Cl)cc(Cl)c3)C(=O)[C@H]21. The highest BCUT2D eigenvalue weighted by Gasteiger charge is 2.63. The maximum absolute atomic E-state index is 13.0. The number of carbonyl (C=O) groups excluding carboxylic acids is 2. The molecular weight excluding hydrogens is 333 g/mol. The lowest BCUT2D eigenvalue weighted by atomic mass is 9.81. The molecule has 1 aliphatic heterocycles. The minimum atomic E-state index is -0.205. The largest absolute Gasteiger partial charge is 0.274 e. The zero-order chi connectivity index (χ0) is 16.5. The van der Waals surface area contributed by atoms with Gasteiger partial charge in [0.15, 0.2) is 0 Å². The second-order valence-corrected chi connectivity index (χ2v) is 7.81. The van der Waals surface area contributed by atoms with E-state index >= 15 is 0 Å². The van der Waals surface area contributed by atoms with Crippen LogP contribution in [0.2, 0.25) is 10.0 Å². The normalized spacial score (nSPS) is 32.0. The summed E-state index contributed by atoms with van der Waals surface area (Å²) < 4.78 is 0. The van der Waals surface area contributed by atoms with Crippen LogP contribution in [0, 0.1) is 23.7 Å². The van der Waals surface area contributed by atoms with E-state index in [1.54, 1.807) is 18.2 Å². The summed E-state index contributed by atoms with van der Waals surface area (Å²) in [5, 5.41) is 0.858. The summed E-state index contributed by atoms with van der Waals surface area (Å²) in [6, 6.07) is 4.87. The van der Waals surface area contributed by atoms with Gasteiger partial charge < -0.3 is 0 Å². The molecule has 4 rings (SSSR count). The number of carbonyl (C=O) groups is 2. The number of benzene rings is 1. The highest BCUT2D eigenvalue weighted by atomic mass is 35.5. The summed E-state index contributed by atoms with van der Waals surface area (Å²) in [4.78, 5) is 27.3. The van der Waals surface area contributed by atoms with Gasteiger partial charge in [-0.05, 0) is 56.7 Å². The molecule has 0 aromatic heterocycles. The van der Waals surface area contributed by atoms with E-state index in [9.17, 15) is 9.59 Å². The van der Waals surface area contributed by atoms with Crippen molar-refractivity contribution in [3.05, 3.63) is 39.4 Å². The number of rotatable bonds is 1. The smallest absolute Gasteiger partial charge is 0.238 e. The highest BCUT2D eigenvalue weighted by Crippen LogP contribution is 2.60. The number of imide groups is 1. The molecule has 2 saturated carbocycles. The molecule has 2 unspecified atom stereocenters. The molecule has 2 bridgehead atoms. The molecule has 1 saturated heterocycles. The number of fused-ring (bicyclic) bond motifs is 5. The topological polar surface area (TPSA) is 37.4 Å². The van der Waals surface area contributed by atoms with Crippen LogP contribution >= 0.6 is 23.2 Å². The lowest BCUT2D eigenvalue weighted by Gasteiger charge is -2.19. The van der Waals surface area contributed by atoms with E-state index in [0.29, 0.717) is 15.7 Å². The van der Waals surface area contributed by atoms with Gasteiger partial charge in [-0.2, -0.15) is 0 Å². The Morgan fingerprint density at radius 3 is 1.87 bits per heavy atom. The molecule has 0 spiro atoms.